The highest BCUT2D eigenvalue weighted by Crippen LogP contribution is 2.19. The highest BCUT2D eigenvalue weighted by Gasteiger charge is 2.16. The lowest BCUT2D eigenvalue weighted by Gasteiger charge is -2.22. The third kappa shape index (κ3) is 2.22. The van der Waals surface area contributed by atoms with Crippen molar-refractivity contribution in [3.63, 3.8) is 0 Å². The average molecular weight is 228 g/mol. The van der Waals surface area contributed by atoms with Crippen molar-refractivity contribution < 1.29 is 0 Å². The largest absolute Gasteiger partial charge is 0.315 e. The molecule has 1 aromatic heterocycles. The maximum absolute atomic E-state index is 4.25. The molecule has 0 radical (unpaired) electrons. The smallest absolute Gasteiger partial charge is 0.113 e. The van der Waals surface area contributed by atoms with Gasteiger partial charge in [0.1, 0.15) is 5.69 Å². The van der Waals surface area contributed by atoms with E-state index >= 15 is 0 Å². The maximum Gasteiger partial charge on any atom is 0.113 e. The highest BCUT2D eigenvalue weighted by atomic mass is 15.4. The summed E-state index contributed by atoms with van der Waals surface area (Å²) in [5.74, 6) is 0. The summed E-state index contributed by atoms with van der Waals surface area (Å²) in [6.45, 7) is 2.12. The molecule has 17 heavy (non-hydrogen) atoms. The van der Waals surface area contributed by atoms with Gasteiger partial charge in [-0.25, -0.2) is 4.68 Å². The van der Waals surface area contributed by atoms with Crippen LogP contribution in [-0.4, -0.2) is 28.1 Å². The molecule has 0 bridgehead atoms. The summed E-state index contributed by atoms with van der Waals surface area (Å²) in [6.07, 6.45) is 4.45. The van der Waals surface area contributed by atoms with Crippen molar-refractivity contribution in [2.45, 2.75) is 18.9 Å². The van der Waals surface area contributed by atoms with Crippen LogP contribution in [0.5, 0.6) is 0 Å². The Morgan fingerprint density at radius 1 is 1.24 bits per heavy atom. The Labute approximate surface area is 101 Å². The van der Waals surface area contributed by atoms with Crippen molar-refractivity contribution in [3.05, 3.63) is 36.5 Å². The average Bonchev–Trinajstić information content (AvgIpc) is 2.90. The van der Waals surface area contributed by atoms with E-state index < -0.39 is 0 Å². The van der Waals surface area contributed by atoms with E-state index in [0.717, 1.165) is 24.3 Å². The predicted molar refractivity (Wildman–Crippen MR) is 66.6 cm³/mol. The first-order chi connectivity index (χ1) is 8.43. The van der Waals surface area contributed by atoms with Gasteiger partial charge in [-0.05, 0) is 19.4 Å². The van der Waals surface area contributed by atoms with E-state index in [1.165, 1.54) is 12.8 Å². The zero-order chi connectivity index (χ0) is 11.5. The Hall–Kier alpha value is -1.68. The minimum absolute atomic E-state index is 0.453. The number of aromatic nitrogens is 3. The van der Waals surface area contributed by atoms with Crippen molar-refractivity contribution in [2.75, 3.05) is 13.1 Å². The second-order valence-electron chi connectivity index (χ2n) is 4.45. The van der Waals surface area contributed by atoms with Crippen LogP contribution in [0.1, 0.15) is 18.9 Å². The van der Waals surface area contributed by atoms with Gasteiger partial charge in [-0.3, -0.25) is 0 Å². The van der Waals surface area contributed by atoms with E-state index in [9.17, 15) is 0 Å². The molecule has 3 rings (SSSR count). The summed E-state index contributed by atoms with van der Waals surface area (Å²) in [5.41, 5.74) is 2.08. The molecule has 1 fully saturated rings. The molecule has 1 N–H and O–H groups in total. The summed E-state index contributed by atoms with van der Waals surface area (Å²) in [6, 6.07) is 10.6. The van der Waals surface area contributed by atoms with E-state index in [0.29, 0.717) is 6.04 Å². The Morgan fingerprint density at radius 2 is 2.12 bits per heavy atom. The molecule has 2 heterocycles. The number of hydrogen-bond donors (Lipinski definition) is 1. The second-order valence-corrected chi connectivity index (χ2v) is 4.45. The normalized spacial score (nSPS) is 20.4. The molecule has 0 aliphatic carbocycles. The Morgan fingerprint density at radius 3 is 2.88 bits per heavy atom. The molecule has 1 aromatic carbocycles. The van der Waals surface area contributed by atoms with Crippen LogP contribution in [0.2, 0.25) is 0 Å². The van der Waals surface area contributed by atoms with Crippen LogP contribution >= 0.6 is 0 Å². The fraction of sp³-hybridized carbons (Fsp3) is 0.385. The zero-order valence-electron chi connectivity index (χ0n) is 9.71. The van der Waals surface area contributed by atoms with E-state index in [2.05, 4.69) is 27.8 Å². The van der Waals surface area contributed by atoms with E-state index in [-0.39, 0.29) is 0 Å². The van der Waals surface area contributed by atoms with Crippen LogP contribution in [0.3, 0.4) is 0 Å². The predicted octanol–water partition coefficient (Wildman–Crippen LogP) is 1.87. The highest BCUT2D eigenvalue weighted by molar-refractivity contribution is 5.57. The topological polar surface area (TPSA) is 42.7 Å². The first kappa shape index (κ1) is 10.5. The molecule has 1 saturated heterocycles. The minimum Gasteiger partial charge on any atom is -0.315 e. The number of benzene rings is 1. The summed E-state index contributed by atoms with van der Waals surface area (Å²) in [7, 11) is 0. The minimum atomic E-state index is 0.453. The van der Waals surface area contributed by atoms with Crippen LogP contribution in [0.15, 0.2) is 36.5 Å². The standard InChI is InChI=1S/C13H16N4/c1-2-5-11(6-3-1)13-10-17(16-15-13)12-7-4-8-14-9-12/h1-3,5-6,10,12,14H,4,7-9H2. The van der Waals surface area contributed by atoms with Gasteiger partial charge in [0.15, 0.2) is 0 Å². The fourth-order valence-electron chi connectivity index (χ4n) is 2.26. The third-order valence-corrected chi connectivity index (χ3v) is 3.22. The number of hydrogen-bond acceptors (Lipinski definition) is 3. The lowest BCUT2D eigenvalue weighted by Crippen LogP contribution is -2.31. The number of piperidine rings is 1. The van der Waals surface area contributed by atoms with Crippen molar-refractivity contribution >= 4 is 0 Å². The second kappa shape index (κ2) is 4.67. The fourth-order valence-corrected chi connectivity index (χ4v) is 2.26. The van der Waals surface area contributed by atoms with Crippen LogP contribution < -0.4 is 5.32 Å². The van der Waals surface area contributed by atoms with Crippen molar-refractivity contribution in [2.24, 2.45) is 0 Å². The lowest BCUT2D eigenvalue weighted by atomic mass is 10.1. The molecule has 2 aromatic rings. The summed E-state index contributed by atoms with van der Waals surface area (Å²) >= 11 is 0. The van der Waals surface area contributed by atoms with Crippen LogP contribution in [-0.2, 0) is 0 Å². The number of nitrogens with zero attached hydrogens (tertiary/aromatic N) is 3. The molecule has 0 spiro atoms. The molecule has 4 nitrogen and oxygen atoms in total. The first-order valence-electron chi connectivity index (χ1n) is 6.11. The quantitative estimate of drug-likeness (QED) is 0.853. The van der Waals surface area contributed by atoms with Gasteiger partial charge in [-0.15, -0.1) is 5.10 Å². The molecule has 0 saturated carbocycles. The van der Waals surface area contributed by atoms with E-state index in [1.54, 1.807) is 0 Å². The van der Waals surface area contributed by atoms with Gasteiger partial charge in [0.25, 0.3) is 0 Å². The molecule has 88 valence electrons. The molecule has 1 unspecified atom stereocenters. The molecule has 1 atom stereocenters. The summed E-state index contributed by atoms with van der Waals surface area (Å²) in [4.78, 5) is 0. The molecular weight excluding hydrogens is 212 g/mol. The van der Waals surface area contributed by atoms with Crippen molar-refractivity contribution in [1.29, 1.82) is 0 Å². The van der Waals surface area contributed by atoms with E-state index in [1.807, 2.05) is 29.1 Å². The molecule has 1 aliphatic rings. The summed E-state index contributed by atoms with van der Waals surface area (Å²) in [5, 5.41) is 11.9. The van der Waals surface area contributed by atoms with Gasteiger partial charge in [0.2, 0.25) is 0 Å². The third-order valence-electron chi connectivity index (χ3n) is 3.22. The van der Waals surface area contributed by atoms with Gasteiger partial charge in [0.05, 0.1) is 12.2 Å². The Balaban J connectivity index is 1.83. The van der Waals surface area contributed by atoms with Crippen LogP contribution in [0.25, 0.3) is 11.3 Å². The summed E-state index contributed by atoms with van der Waals surface area (Å²) < 4.78 is 1.99. The van der Waals surface area contributed by atoms with Crippen molar-refractivity contribution in [3.8, 4) is 11.3 Å². The first-order valence-corrected chi connectivity index (χ1v) is 6.11. The monoisotopic (exact) mass is 228 g/mol. The van der Waals surface area contributed by atoms with Gasteiger partial charge in [-0.2, -0.15) is 0 Å². The molecule has 1 aliphatic heterocycles. The molecule has 4 heteroatoms. The maximum atomic E-state index is 4.25. The number of nitrogens with one attached hydrogen (secondary N) is 1. The zero-order valence-corrected chi connectivity index (χ0v) is 9.71. The van der Waals surface area contributed by atoms with Gasteiger partial charge < -0.3 is 5.32 Å². The van der Waals surface area contributed by atoms with Crippen LogP contribution in [0.4, 0.5) is 0 Å². The Bertz CT molecular complexity index is 471. The molecule has 0 amide bonds. The Kier molecular flexibility index (Phi) is 2.88. The molecular formula is C13H16N4. The van der Waals surface area contributed by atoms with E-state index in [4.69, 9.17) is 0 Å². The van der Waals surface area contributed by atoms with Gasteiger partial charge in [0, 0.05) is 12.1 Å². The SMILES string of the molecule is c1ccc(-c2cn(C3CCCNC3)nn2)cc1. The van der Waals surface area contributed by atoms with Gasteiger partial charge in [-0.1, -0.05) is 35.5 Å². The van der Waals surface area contributed by atoms with Crippen molar-refractivity contribution in [1.82, 2.24) is 20.3 Å². The van der Waals surface area contributed by atoms with Crippen LogP contribution in [0, 0.1) is 0 Å². The number of rotatable bonds is 2. The van der Waals surface area contributed by atoms with Gasteiger partial charge >= 0.3 is 0 Å². The lowest BCUT2D eigenvalue weighted by molar-refractivity contribution is 0.341.